The number of esters is 2. The zero-order chi connectivity index (χ0) is 24.3. The number of Topliss-reactive ketones (excluding diaryl/α,β-unsaturated/α-hetero) is 1. The van der Waals surface area contributed by atoms with Gasteiger partial charge in [-0.15, -0.1) is 4.33 Å². The minimum absolute atomic E-state index is 0.0111. The second-order valence-electron chi connectivity index (χ2n) is 11.1. The first kappa shape index (κ1) is 24.3. The van der Waals surface area contributed by atoms with Gasteiger partial charge in [-0.3, -0.25) is 18.6 Å². The van der Waals surface area contributed by atoms with Crippen molar-refractivity contribution in [1.29, 1.82) is 0 Å². The molecule has 0 bridgehead atoms. The minimum Gasteiger partial charge on any atom is -0.469 e. The van der Waals surface area contributed by atoms with Crippen molar-refractivity contribution < 1.29 is 37.3 Å². The van der Waals surface area contributed by atoms with Gasteiger partial charge in [0, 0.05) is 24.7 Å². The quantitative estimate of drug-likeness (QED) is 0.140. The molecule has 0 N–H and O–H groups in total. The first-order chi connectivity index (χ1) is 16.2. The lowest BCUT2D eigenvalue weighted by Crippen LogP contribution is -2.62. The molecule has 1 aliphatic heterocycles. The fourth-order valence-electron chi connectivity index (χ4n) is 8.41. The first-order valence-electron chi connectivity index (χ1n) is 12.2. The van der Waals surface area contributed by atoms with E-state index in [4.69, 9.17) is 22.9 Å². The van der Waals surface area contributed by atoms with Gasteiger partial charge in [0.2, 0.25) is 0 Å². The Morgan fingerprint density at radius 3 is 2.62 bits per heavy atom. The average molecular weight is 495 g/mol. The van der Waals surface area contributed by atoms with Crippen molar-refractivity contribution in [3.63, 3.8) is 0 Å². The molecule has 34 heavy (non-hydrogen) atoms. The summed E-state index contributed by atoms with van der Waals surface area (Å²) in [7, 11) is 2.84. The zero-order valence-corrected chi connectivity index (χ0v) is 21.1. The summed E-state index contributed by atoms with van der Waals surface area (Å²) >= 11 is 0.801. The monoisotopic (exact) mass is 494 g/mol. The number of carbonyl (C=O) groups is 3. The molecule has 4 fully saturated rings. The van der Waals surface area contributed by atoms with Gasteiger partial charge in [0.1, 0.15) is 11.4 Å². The van der Waals surface area contributed by atoms with Crippen molar-refractivity contribution in [2.45, 2.75) is 76.9 Å². The number of rotatable bonds is 5. The molecule has 4 aliphatic carbocycles. The molecule has 0 aromatic heterocycles. The topological polar surface area (TPSA) is 97.4 Å². The summed E-state index contributed by atoms with van der Waals surface area (Å²) in [6.45, 7) is 4.43. The summed E-state index contributed by atoms with van der Waals surface area (Å²) in [4.78, 5) is 42.6. The summed E-state index contributed by atoms with van der Waals surface area (Å²) in [5, 5.41) is 0. The fraction of sp³-hybridized carbons (Fsp3) is 0.800. The highest BCUT2D eigenvalue weighted by molar-refractivity contribution is 7.89. The molecule has 0 radical (unpaired) electrons. The number of hydrogen-bond donors (Lipinski definition) is 0. The van der Waals surface area contributed by atoms with E-state index in [0.717, 1.165) is 37.2 Å². The third-order valence-electron chi connectivity index (χ3n) is 9.97. The van der Waals surface area contributed by atoms with E-state index >= 15 is 0 Å². The van der Waals surface area contributed by atoms with Crippen molar-refractivity contribution in [2.24, 2.45) is 34.5 Å². The molecule has 5 rings (SSSR count). The highest BCUT2D eigenvalue weighted by Gasteiger charge is 2.71. The van der Waals surface area contributed by atoms with E-state index in [2.05, 4.69) is 13.8 Å². The van der Waals surface area contributed by atoms with Crippen LogP contribution in [0.1, 0.15) is 65.2 Å². The predicted octanol–water partition coefficient (Wildman–Crippen LogP) is 4.13. The molecular weight excluding hydrogens is 460 g/mol. The van der Waals surface area contributed by atoms with Gasteiger partial charge in [0.05, 0.1) is 26.2 Å². The lowest BCUT2D eigenvalue weighted by molar-refractivity contribution is -0.194. The average Bonchev–Trinajstić information content (AvgIpc) is 3.33. The molecule has 9 heteroatoms. The van der Waals surface area contributed by atoms with Gasteiger partial charge in [-0.25, -0.2) is 4.89 Å². The van der Waals surface area contributed by atoms with Crippen LogP contribution < -0.4 is 0 Å². The molecular formula is C25H34O8S. The highest BCUT2D eigenvalue weighted by atomic mass is 32.2. The van der Waals surface area contributed by atoms with Crippen LogP contribution in [0.15, 0.2) is 11.6 Å². The van der Waals surface area contributed by atoms with Gasteiger partial charge in [-0.05, 0) is 55.3 Å². The number of ether oxygens (including phenoxy) is 2. The van der Waals surface area contributed by atoms with Gasteiger partial charge < -0.3 is 9.47 Å². The molecule has 1 spiro atoms. The maximum Gasteiger partial charge on any atom is 0.312 e. The normalized spacial score (nSPS) is 45.3. The Balaban J connectivity index is 1.63. The Morgan fingerprint density at radius 1 is 1.15 bits per heavy atom. The minimum atomic E-state index is -0.539. The smallest absolute Gasteiger partial charge is 0.312 e. The van der Waals surface area contributed by atoms with E-state index in [0.29, 0.717) is 32.1 Å². The van der Waals surface area contributed by atoms with Gasteiger partial charge in [0.25, 0.3) is 0 Å². The van der Waals surface area contributed by atoms with Crippen LogP contribution in [-0.4, -0.2) is 43.6 Å². The number of fused-ring (bicyclic) bond motifs is 6. The Kier molecular flexibility index (Phi) is 6.15. The van der Waals surface area contributed by atoms with Crippen LogP contribution in [0.5, 0.6) is 0 Å². The van der Waals surface area contributed by atoms with Crippen LogP contribution in [0.4, 0.5) is 0 Å². The fourth-order valence-corrected chi connectivity index (χ4v) is 8.79. The second kappa shape index (κ2) is 8.61. The number of methoxy groups -OCH3 is 1. The molecule has 8 atom stereocenters. The maximum atomic E-state index is 13.2. The Labute approximate surface area is 204 Å². The van der Waals surface area contributed by atoms with Crippen molar-refractivity contribution in [2.75, 3.05) is 14.2 Å². The number of ketones is 1. The molecule has 8 nitrogen and oxygen atoms in total. The van der Waals surface area contributed by atoms with Gasteiger partial charge in [-0.2, -0.15) is 0 Å². The number of allylic oxidation sites excluding steroid dienone is 1. The van der Waals surface area contributed by atoms with Crippen LogP contribution in [0.2, 0.25) is 0 Å². The Morgan fingerprint density at radius 2 is 1.94 bits per heavy atom. The Bertz CT molecular complexity index is 919. The van der Waals surface area contributed by atoms with E-state index in [1.807, 2.05) is 6.08 Å². The van der Waals surface area contributed by atoms with E-state index in [9.17, 15) is 14.4 Å². The molecule has 0 amide bonds. The van der Waals surface area contributed by atoms with E-state index in [1.165, 1.54) is 14.2 Å². The molecule has 188 valence electrons. The standard InChI is InChI=1S/C25H34O8S/c1-23-8-5-15(26)11-14(23)12-16(22(28)29-3)20-17-6-9-25(10-7-19(27)31-25)24(17,2)13-18(21(20)23)32-34-33-30-4/h12,16-18,20-21H,5-11,13H2,1-4H3/t16-,17?,18?,20?,21?,23?,24?,25-/m1/s1. The van der Waals surface area contributed by atoms with Crippen molar-refractivity contribution in [3.8, 4) is 0 Å². The van der Waals surface area contributed by atoms with Crippen molar-refractivity contribution in [1.82, 2.24) is 0 Å². The van der Waals surface area contributed by atoms with Crippen LogP contribution in [0, 0.1) is 34.5 Å². The third-order valence-corrected chi connectivity index (χ3v) is 10.5. The summed E-state index contributed by atoms with van der Waals surface area (Å²) in [5.41, 5.74) is -0.139. The second-order valence-corrected chi connectivity index (χ2v) is 11.6. The Hall–Kier alpha value is -1.42. The number of carbonyl (C=O) groups excluding carboxylic acids is 3. The van der Waals surface area contributed by atoms with Gasteiger partial charge in [-0.1, -0.05) is 25.5 Å². The predicted molar refractivity (Wildman–Crippen MR) is 122 cm³/mol. The lowest BCUT2D eigenvalue weighted by Gasteiger charge is -2.61. The molecule has 3 saturated carbocycles. The number of hydrogen-bond acceptors (Lipinski definition) is 9. The third kappa shape index (κ3) is 3.41. The van der Waals surface area contributed by atoms with E-state index in [1.54, 1.807) is 0 Å². The molecule has 1 heterocycles. The molecule has 1 saturated heterocycles. The molecule has 0 aromatic carbocycles. The SMILES string of the molecule is COOSOC1CC2(C)C(CC[C@@]23CCC(=O)O3)C2C1C1(C)CCC(=O)CC1=C[C@H]2C(=O)OC. The lowest BCUT2D eigenvalue weighted by atomic mass is 9.44. The van der Waals surface area contributed by atoms with E-state index < -0.39 is 11.5 Å². The summed E-state index contributed by atoms with van der Waals surface area (Å²) in [5.74, 6) is -0.600. The van der Waals surface area contributed by atoms with Crippen LogP contribution in [0.3, 0.4) is 0 Å². The van der Waals surface area contributed by atoms with Crippen LogP contribution >= 0.6 is 12.3 Å². The highest BCUT2D eigenvalue weighted by Crippen LogP contribution is 2.70. The van der Waals surface area contributed by atoms with Crippen molar-refractivity contribution in [3.05, 3.63) is 11.6 Å². The zero-order valence-electron chi connectivity index (χ0n) is 20.3. The largest absolute Gasteiger partial charge is 0.469 e. The summed E-state index contributed by atoms with van der Waals surface area (Å²) < 4.78 is 22.6. The molecule has 0 aromatic rings. The first-order valence-corrected chi connectivity index (χ1v) is 12.9. The summed E-state index contributed by atoms with van der Waals surface area (Å²) in [6, 6.07) is 0. The van der Waals surface area contributed by atoms with Crippen molar-refractivity contribution >= 4 is 30.0 Å². The molecule has 6 unspecified atom stereocenters. The van der Waals surface area contributed by atoms with Crippen LogP contribution in [-0.2, 0) is 37.3 Å². The van der Waals surface area contributed by atoms with Gasteiger partial charge >= 0.3 is 11.9 Å². The van der Waals surface area contributed by atoms with Crippen LogP contribution in [0.25, 0.3) is 0 Å². The van der Waals surface area contributed by atoms with E-state index in [-0.39, 0.29) is 52.4 Å². The molecule has 5 aliphatic rings. The van der Waals surface area contributed by atoms with Gasteiger partial charge in [0.15, 0.2) is 12.3 Å². The summed E-state index contributed by atoms with van der Waals surface area (Å²) in [6.07, 6.45) is 6.83. The maximum absolute atomic E-state index is 13.2.